The maximum atomic E-state index is 14.3. The van der Waals surface area contributed by atoms with Crippen LogP contribution in [0.3, 0.4) is 0 Å². The first-order valence-electron chi connectivity index (χ1n) is 5.89. The molecule has 1 unspecified atom stereocenters. The zero-order chi connectivity index (χ0) is 13.2. The fourth-order valence-corrected chi connectivity index (χ4v) is 2.28. The molecule has 2 rings (SSSR count). The van der Waals surface area contributed by atoms with Crippen molar-refractivity contribution in [3.05, 3.63) is 35.1 Å². The highest BCUT2D eigenvalue weighted by molar-refractivity contribution is 5.89. The summed E-state index contributed by atoms with van der Waals surface area (Å²) in [6.45, 7) is 1.09. The van der Waals surface area contributed by atoms with Crippen molar-refractivity contribution >= 4 is 5.97 Å². The van der Waals surface area contributed by atoms with Crippen molar-refractivity contribution in [2.24, 2.45) is 0 Å². The standard InChI is InChI=1S/C13H16FNO3/c1-18-12(16)9-4-2-5-10(11(9)14)13(17)6-3-7-15-8-13/h2,4-5,15,17H,3,6-8H2,1H3. The number of carbonyl (C=O) groups excluding carboxylic acids is 1. The third-order valence-corrected chi connectivity index (χ3v) is 3.27. The molecular weight excluding hydrogens is 237 g/mol. The number of benzene rings is 1. The van der Waals surface area contributed by atoms with Gasteiger partial charge < -0.3 is 15.2 Å². The lowest BCUT2D eigenvalue weighted by Gasteiger charge is -2.33. The predicted molar refractivity (Wildman–Crippen MR) is 63.7 cm³/mol. The first-order chi connectivity index (χ1) is 8.58. The molecule has 1 aliphatic heterocycles. The number of aliphatic hydroxyl groups is 1. The van der Waals surface area contributed by atoms with Crippen LogP contribution in [-0.2, 0) is 10.3 Å². The lowest BCUT2D eigenvalue weighted by molar-refractivity contribution is 0.00887. The number of β-amino-alcohol motifs (C(OH)–C–C–N with tert-alkyl or cyclic N) is 1. The van der Waals surface area contributed by atoms with Crippen LogP contribution in [0.4, 0.5) is 4.39 Å². The second-order valence-electron chi connectivity index (χ2n) is 4.47. The number of nitrogens with one attached hydrogen (secondary N) is 1. The number of hydrogen-bond acceptors (Lipinski definition) is 4. The second kappa shape index (κ2) is 5.04. The topological polar surface area (TPSA) is 58.6 Å². The lowest BCUT2D eigenvalue weighted by atomic mass is 9.85. The smallest absolute Gasteiger partial charge is 0.340 e. The minimum Gasteiger partial charge on any atom is -0.465 e. The Bertz CT molecular complexity index is 456. The summed E-state index contributed by atoms with van der Waals surface area (Å²) in [5.74, 6) is -1.43. The van der Waals surface area contributed by atoms with Gasteiger partial charge in [0.1, 0.15) is 11.4 Å². The molecule has 0 aliphatic carbocycles. The molecule has 4 nitrogen and oxygen atoms in total. The van der Waals surface area contributed by atoms with E-state index in [1.165, 1.54) is 19.2 Å². The van der Waals surface area contributed by atoms with Gasteiger partial charge in [0, 0.05) is 12.1 Å². The van der Waals surface area contributed by atoms with Crippen LogP contribution in [0.5, 0.6) is 0 Å². The summed E-state index contributed by atoms with van der Waals surface area (Å²) in [6, 6.07) is 4.41. The molecule has 18 heavy (non-hydrogen) atoms. The van der Waals surface area contributed by atoms with Crippen molar-refractivity contribution in [3.8, 4) is 0 Å². The maximum Gasteiger partial charge on any atom is 0.340 e. The first-order valence-corrected chi connectivity index (χ1v) is 5.89. The zero-order valence-electron chi connectivity index (χ0n) is 10.2. The van der Waals surface area contributed by atoms with E-state index in [4.69, 9.17) is 0 Å². The van der Waals surface area contributed by atoms with Crippen LogP contribution < -0.4 is 5.32 Å². The Kier molecular flexibility index (Phi) is 3.63. The Morgan fingerprint density at radius 3 is 2.94 bits per heavy atom. The van der Waals surface area contributed by atoms with Gasteiger partial charge in [-0.15, -0.1) is 0 Å². The van der Waals surface area contributed by atoms with Gasteiger partial charge in [-0.3, -0.25) is 0 Å². The van der Waals surface area contributed by atoms with E-state index in [2.05, 4.69) is 10.1 Å². The fraction of sp³-hybridized carbons (Fsp3) is 0.462. The molecule has 2 N–H and O–H groups in total. The number of esters is 1. The van der Waals surface area contributed by atoms with E-state index in [9.17, 15) is 14.3 Å². The summed E-state index contributed by atoms with van der Waals surface area (Å²) >= 11 is 0. The second-order valence-corrected chi connectivity index (χ2v) is 4.47. The molecular formula is C13H16FNO3. The van der Waals surface area contributed by atoms with Crippen molar-refractivity contribution in [2.45, 2.75) is 18.4 Å². The molecule has 98 valence electrons. The molecule has 1 aromatic carbocycles. The maximum absolute atomic E-state index is 14.3. The molecule has 1 saturated heterocycles. The summed E-state index contributed by atoms with van der Waals surface area (Å²) in [4.78, 5) is 11.4. The molecule has 1 aliphatic rings. The predicted octanol–water partition coefficient (Wildman–Crippen LogP) is 1.18. The van der Waals surface area contributed by atoms with Gasteiger partial charge in [0.05, 0.1) is 12.7 Å². The van der Waals surface area contributed by atoms with Crippen LogP contribution >= 0.6 is 0 Å². The van der Waals surface area contributed by atoms with E-state index >= 15 is 0 Å². The Balaban J connectivity index is 2.42. The SMILES string of the molecule is COC(=O)c1cccc(C2(O)CCCNC2)c1F. The monoisotopic (exact) mass is 253 g/mol. The highest BCUT2D eigenvalue weighted by Gasteiger charge is 2.35. The van der Waals surface area contributed by atoms with E-state index in [1.807, 2.05) is 0 Å². The molecule has 0 spiro atoms. The largest absolute Gasteiger partial charge is 0.465 e. The summed E-state index contributed by atoms with van der Waals surface area (Å²) in [6.07, 6.45) is 1.24. The molecule has 1 atom stereocenters. The van der Waals surface area contributed by atoms with E-state index in [1.54, 1.807) is 6.07 Å². The average molecular weight is 253 g/mol. The number of rotatable bonds is 2. The van der Waals surface area contributed by atoms with Gasteiger partial charge >= 0.3 is 5.97 Å². The molecule has 0 bridgehead atoms. The van der Waals surface area contributed by atoms with Crippen molar-refractivity contribution in [1.29, 1.82) is 0 Å². The van der Waals surface area contributed by atoms with E-state index in [-0.39, 0.29) is 17.7 Å². The Labute approximate surface area is 105 Å². The van der Waals surface area contributed by atoms with Gasteiger partial charge in [-0.2, -0.15) is 0 Å². The Morgan fingerprint density at radius 2 is 2.33 bits per heavy atom. The Morgan fingerprint density at radius 1 is 1.56 bits per heavy atom. The van der Waals surface area contributed by atoms with Crippen molar-refractivity contribution in [3.63, 3.8) is 0 Å². The molecule has 0 aromatic heterocycles. The van der Waals surface area contributed by atoms with Crippen LogP contribution in [0.25, 0.3) is 0 Å². The van der Waals surface area contributed by atoms with Gasteiger partial charge in [-0.05, 0) is 25.5 Å². The van der Waals surface area contributed by atoms with E-state index in [0.29, 0.717) is 6.42 Å². The quantitative estimate of drug-likeness (QED) is 0.777. The molecule has 1 aromatic rings. The Hall–Kier alpha value is -1.46. The number of ether oxygens (including phenoxy) is 1. The van der Waals surface area contributed by atoms with Gasteiger partial charge in [-0.1, -0.05) is 12.1 Å². The number of methoxy groups -OCH3 is 1. The van der Waals surface area contributed by atoms with E-state index in [0.717, 1.165) is 13.0 Å². The minimum atomic E-state index is -1.26. The first kappa shape index (κ1) is 13.0. The normalized spacial score (nSPS) is 23.7. The molecule has 0 saturated carbocycles. The number of piperidine rings is 1. The van der Waals surface area contributed by atoms with Gasteiger partial charge in [0.25, 0.3) is 0 Å². The minimum absolute atomic E-state index is 0.144. The molecule has 5 heteroatoms. The zero-order valence-corrected chi connectivity index (χ0v) is 10.2. The average Bonchev–Trinajstić information content (AvgIpc) is 2.39. The molecule has 1 heterocycles. The number of carbonyl (C=O) groups is 1. The van der Waals surface area contributed by atoms with Gasteiger partial charge in [-0.25, -0.2) is 9.18 Å². The summed E-state index contributed by atoms with van der Waals surface area (Å²) in [7, 11) is 1.20. The van der Waals surface area contributed by atoms with E-state index < -0.39 is 17.4 Å². The van der Waals surface area contributed by atoms with Crippen LogP contribution in [0.1, 0.15) is 28.8 Å². The van der Waals surface area contributed by atoms with Crippen LogP contribution in [-0.4, -0.2) is 31.3 Å². The highest BCUT2D eigenvalue weighted by atomic mass is 19.1. The van der Waals surface area contributed by atoms with Crippen molar-refractivity contribution < 1.29 is 19.0 Å². The lowest BCUT2D eigenvalue weighted by Crippen LogP contribution is -2.44. The number of hydrogen-bond donors (Lipinski definition) is 2. The molecule has 0 radical (unpaired) electrons. The molecule has 1 fully saturated rings. The summed E-state index contributed by atoms with van der Waals surface area (Å²) in [5.41, 5.74) is -1.25. The van der Waals surface area contributed by atoms with Crippen molar-refractivity contribution in [2.75, 3.05) is 20.2 Å². The van der Waals surface area contributed by atoms with Gasteiger partial charge in [0.15, 0.2) is 0 Å². The van der Waals surface area contributed by atoms with Crippen LogP contribution in [0.15, 0.2) is 18.2 Å². The van der Waals surface area contributed by atoms with Crippen LogP contribution in [0.2, 0.25) is 0 Å². The van der Waals surface area contributed by atoms with Gasteiger partial charge in [0.2, 0.25) is 0 Å². The summed E-state index contributed by atoms with van der Waals surface area (Å²) in [5, 5.41) is 13.5. The fourth-order valence-electron chi connectivity index (χ4n) is 2.28. The van der Waals surface area contributed by atoms with Crippen molar-refractivity contribution in [1.82, 2.24) is 5.32 Å². The third kappa shape index (κ3) is 2.23. The highest BCUT2D eigenvalue weighted by Crippen LogP contribution is 2.31. The number of halogens is 1. The third-order valence-electron chi connectivity index (χ3n) is 3.27. The molecule has 0 amide bonds. The van der Waals surface area contributed by atoms with Crippen LogP contribution in [0, 0.1) is 5.82 Å². The summed E-state index contributed by atoms with van der Waals surface area (Å²) < 4.78 is 18.8.